The monoisotopic (exact) mass is 284 g/mol. The molecule has 118 valence electrons. The van der Waals surface area contributed by atoms with Crippen molar-refractivity contribution in [2.45, 2.75) is 38.6 Å². The molecule has 1 saturated heterocycles. The molecule has 20 heavy (non-hydrogen) atoms. The van der Waals surface area contributed by atoms with E-state index in [-0.39, 0.29) is 5.91 Å². The minimum absolute atomic E-state index is 0.182. The Bertz CT molecular complexity index is 285. The summed E-state index contributed by atoms with van der Waals surface area (Å²) in [6.45, 7) is 6.86. The number of rotatable bonds is 8. The van der Waals surface area contributed by atoms with Crippen LogP contribution in [0.15, 0.2) is 0 Å². The van der Waals surface area contributed by atoms with Crippen molar-refractivity contribution in [3.63, 3.8) is 0 Å². The fourth-order valence-electron chi connectivity index (χ4n) is 2.77. The third-order valence-corrected chi connectivity index (χ3v) is 4.45. The van der Waals surface area contributed by atoms with E-state index in [1.807, 2.05) is 0 Å². The summed E-state index contributed by atoms with van der Waals surface area (Å²) in [5.41, 5.74) is 5.59. The zero-order valence-electron chi connectivity index (χ0n) is 13.4. The van der Waals surface area contributed by atoms with E-state index in [1.165, 1.54) is 0 Å². The van der Waals surface area contributed by atoms with Crippen molar-refractivity contribution in [2.75, 3.05) is 46.8 Å². The molecule has 0 spiro atoms. The van der Waals surface area contributed by atoms with Gasteiger partial charge in [0.2, 0.25) is 5.91 Å². The Balaban J connectivity index is 2.21. The number of piperazine rings is 1. The highest BCUT2D eigenvalue weighted by atomic mass is 16.1. The van der Waals surface area contributed by atoms with Crippen molar-refractivity contribution in [1.29, 1.82) is 0 Å². The molecule has 2 unspecified atom stereocenters. The third-order valence-electron chi connectivity index (χ3n) is 4.45. The molecule has 5 nitrogen and oxygen atoms in total. The first-order valence-electron chi connectivity index (χ1n) is 7.92. The molecule has 3 N–H and O–H groups in total. The third kappa shape index (κ3) is 6.20. The summed E-state index contributed by atoms with van der Waals surface area (Å²) in [4.78, 5) is 16.6. The molecule has 1 aliphatic rings. The lowest BCUT2D eigenvalue weighted by Gasteiger charge is -2.37. The Morgan fingerprint density at radius 1 is 1.35 bits per heavy atom. The number of carbonyl (C=O) groups is 1. The second-order valence-electron chi connectivity index (χ2n) is 6.09. The van der Waals surface area contributed by atoms with Crippen LogP contribution in [0.4, 0.5) is 0 Å². The van der Waals surface area contributed by atoms with Gasteiger partial charge in [-0.15, -0.1) is 0 Å². The van der Waals surface area contributed by atoms with Crippen molar-refractivity contribution in [2.24, 2.45) is 11.7 Å². The van der Waals surface area contributed by atoms with Crippen LogP contribution in [0.3, 0.4) is 0 Å². The van der Waals surface area contributed by atoms with Crippen molar-refractivity contribution < 1.29 is 4.79 Å². The topological polar surface area (TPSA) is 61.6 Å². The van der Waals surface area contributed by atoms with Gasteiger partial charge in [0.05, 0.1) is 0 Å². The van der Waals surface area contributed by atoms with E-state index in [1.54, 1.807) is 0 Å². The van der Waals surface area contributed by atoms with Gasteiger partial charge in [0.15, 0.2) is 0 Å². The van der Waals surface area contributed by atoms with E-state index in [4.69, 9.17) is 5.73 Å². The minimum Gasteiger partial charge on any atom is -0.354 e. The van der Waals surface area contributed by atoms with Gasteiger partial charge in [-0.25, -0.2) is 0 Å². The number of nitrogens with zero attached hydrogens (tertiary/aromatic N) is 2. The van der Waals surface area contributed by atoms with E-state index in [0.717, 1.165) is 52.0 Å². The average Bonchev–Trinajstić information content (AvgIpc) is 2.44. The molecular formula is C15H32N4O. The van der Waals surface area contributed by atoms with Gasteiger partial charge in [-0.2, -0.15) is 0 Å². The summed E-state index contributed by atoms with van der Waals surface area (Å²) in [5, 5.41) is 3.09. The normalized spacial score (nSPS) is 22.7. The van der Waals surface area contributed by atoms with Crippen molar-refractivity contribution in [3.8, 4) is 0 Å². The Kier molecular flexibility index (Phi) is 8.11. The predicted molar refractivity (Wildman–Crippen MR) is 83.6 cm³/mol. The molecule has 1 aliphatic heterocycles. The van der Waals surface area contributed by atoms with Crippen molar-refractivity contribution in [1.82, 2.24) is 15.1 Å². The summed E-state index contributed by atoms with van der Waals surface area (Å²) in [6.07, 6.45) is 3.73. The van der Waals surface area contributed by atoms with Gasteiger partial charge >= 0.3 is 0 Å². The molecule has 1 amide bonds. The van der Waals surface area contributed by atoms with Gasteiger partial charge in [-0.1, -0.05) is 13.3 Å². The molecule has 0 aromatic rings. The average molecular weight is 284 g/mol. The molecule has 5 heteroatoms. The lowest BCUT2D eigenvalue weighted by molar-refractivity contribution is -0.121. The fourth-order valence-corrected chi connectivity index (χ4v) is 2.77. The van der Waals surface area contributed by atoms with Crippen LogP contribution in [0.2, 0.25) is 0 Å². The minimum atomic E-state index is 0.182. The summed E-state index contributed by atoms with van der Waals surface area (Å²) in [7, 11) is 4.28. The van der Waals surface area contributed by atoms with Crippen LogP contribution in [-0.4, -0.2) is 68.6 Å². The summed E-state index contributed by atoms with van der Waals surface area (Å²) in [5.74, 6) is 0.774. The van der Waals surface area contributed by atoms with Crippen LogP contribution in [0.25, 0.3) is 0 Å². The lowest BCUT2D eigenvalue weighted by atomic mass is 9.96. The van der Waals surface area contributed by atoms with Gasteiger partial charge < -0.3 is 16.0 Å². The molecule has 1 heterocycles. The molecule has 0 bridgehead atoms. The van der Waals surface area contributed by atoms with Gasteiger partial charge in [0.25, 0.3) is 0 Å². The van der Waals surface area contributed by atoms with Crippen LogP contribution in [0.5, 0.6) is 0 Å². The molecule has 0 radical (unpaired) electrons. The molecule has 0 aromatic carbocycles. The van der Waals surface area contributed by atoms with Crippen molar-refractivity contribution in [3.05, 3.63) is 0 Å². The summed E-state index contributed by atoms with van der Waals surface area (Å²) in [6, 6.07) is 0.434. The van der Waals surface area contributed by atoms with Crippen molar-refractivity contribution >= 4 is 5.91 Å². The van der Waals surface area contributed by atoms with Crippen LogP contribution >= 0.6 is 0 Å². The van der Waals surface area contributed by atoms with Crippen LogP contribution < -0.4 is 11.1 Å². The quantitative estimate of drug-likeness (QED) is 0.681. The molecule has 1 rings (SSSR count). The molecule has 0 aromatic heterocycles. The second kappa shape index (κ2) is 9.32. The maximum Gasteiger partial charge on any atom is 0.220 e. The van der Waals surface area contributed by atoms with Gasteiger partial charge in [-0.3, -0.25) is 9.69 Å². The van der Waals surface area contributed by atoms with E-state index in [9.17, 15) is 4.79 Å². The fraction of sp³-hybridized carbons (Fsp3) is 0.933. The zero-order valence-corrected chi connectivity index (χ0v) is 13.4. The van der Waals surface area contributed by atoms with Crippen LogP contribution in [0, 0.1) is 5.92 Å². The van der Waals surface area contributed by atoms with Crippen LogP contribution in [-0.2, 0) is 4.79 Å². The number of hydrogen-bond donors (Lipinski definition) is 2. The van der Waals surface area contributed by atoms with E-state index in [2.05, 4.69) is 36.1 Å². The molecular weight excluding hydrogens is 252 g/mol. The number of likely N-dealkylation sites (N-methyl/N-ethyl adjacent to an activating group) is 2. The molecule has 0 saturated carbocycles. The second-order valence-corrected chi connectivity index (χ2v) is 6.09. The number of amides is 1. The zero-order chi connectivity index (χ0) is 15.0. The van der Waals surface area contributed by atoms with E-state index >= 15 is 0 Å². The predicted octanol–water partition coefficient (Wildman–Crippen LogP) is 0.504. The van der Waals surface area contributed by atoms with Gasteiger partial charge in [0, 0.05) is 38.6 Å². The number of nitrogens with one attached hydrogen (secondary N) is 1. The van der Waals surface area contributed by atoms with Crippen LogP contribution in [0.1, 0.15) is 32.6 Å². The van der Waals surface area contributed by atoms with E-state index in [0.29, 0.717) is 18.4 Å². The largest absolute Gasteiger partial charge is 0.354 e. The maximum absolute atomic E-state index is 11.9. The first-order chi connectivity index (χ1) is 9.56. The highest BCUT2D eigenvalue weighted by molar-refractivity contribution is 5.75. The van der Waals surface area contributed by atoms with Gasteiger partial charge in [0.1, 0.15) is 0 Å². The van der Waals surface area contributed by atoms with Gasteiger partial charge in [-0.05, 0) is 39.4 Å². The Labute approximate surface area is 123 Å². The highest BCUT2D eigenvalue weighted by Gasteiger charge is 2.22. The standard InChI is InChI=1S/C15H32N4O/c1-4-13(7-8-16)5-6-15(20)17-11-14-12-18(2)9-10-19(14)3/h13-14H,4-12,16H2,1-3H3,(H,17,20). The SMILES string of the molecule is CCC(CCN)CCC(=O)NCC1CN(C)CCN1C. The van der Waals surface area contributed by atoms with E-state index < -0.39 is 0 Å². The summed E-state index contributed by atoms with van der Waals surface area (Å²) >= 11 is 0. The first-order valence-corrected chi connectivity index (χ1v) is 7.92. The smallest absolute Gasteiger partial charge is 0.220 e. The Hall–Kier alpha value is -0.650. The molecule has 0 aliphatic carbocycles. The Morgan fingerprint density at radius 2 is 2.10 bits per heavy atom. The molecule has 2 atom stereocenters. The lowest BCUT2D eigenvalue weighted by Crippen LogP contribution is -2.54. The number of carbonyl (C=O) groups excluding carboxylic acids is 1. The first kappa shape index (κ1) is 17.4. The Morgan fingerprint density at radius 3 is 2.75 bits per heavy atom. The highest BCUT2D eigenvalue weighted by Crippen LogP contribution is 2.14. The maximum atomic E-state index is 11.9. The summed E-state index contributed by atoms with van der Waals surface area (Å²) < 4.78 is 0. The molecule has 1 fully saturated rings. The number of hydrogen-bond acceptors (Lipinski definition) is 4. The number of nitrogens with two attached hydrogens (primary N) is 1.